The first kappa shape index (κ1) is 16.4. The molecule has 1 saturated heterocycles. The van der Waals surface area contributed by atoms with Gasteiger partial charge in [0.2, 0.25) is 0 Å². The fraction of sp³-hybridized carbons (Fsp3) is 0.647. The van der Waals surface area contributed by atoms with Gasteiger partial charge in [0.15, 0.2) is 0 Å². The van der Waals surface area contributed by atoms with Crippen molar-refractivity contribution in [1.82, 2.24) is 10.2 Å². The number of rotatable bonds is 6. The summed E-state index contributed by atoms with van der Waals surface area (Å²) in [7, 11) is 0. The smallest absolute Gasteiger partial charge is 0.0797 e. The number of likely N-dealkylation sites (N-methyl/N-ethyl adjacent to an activating group) is 1. The lowest BCUT2D eigenvalue weighted by Crippen LogP contribution is -2.57. The molecule has 118 valence electrons. The summed E-state index contributed by atoms with van der Waals surface area (Å²) in [5, 5.41) is 13.6. The maximum atomic E-state index is 10.1. The molecule has 0 aromatic heterocycles. The third-order valence-electron chi connectivity index (χ3n) is 4.10. The molecule has 2 rings (SSSR count). The average molecular weight is 292 g/mol. The van der Waals surface area contributed by atoms with E-state index in [2.05, 4.69) is 43.1 Å². The standard InChI is InChI=1S/C17H28N2O2/c1-4-18-17(13-20,16-8-6-5-7-9-16)12-19-10-14(2)21-15(3)11-19/h5-9,14-15,18,20H,4,10-13H2,1-3H3. The van der Waals surface area contributed by atoms with E-state index >= 15 is 0 Å². The zero-order valence-corrected chi connectivity index (χ0v) is 13.4. The number of benzene rings is 1. The van der Waals surface area contributed by atoms with Crippen LogP contribution in [0, 0.1) is 0 Å². The molecule has 1 aromatic carbocycles. The lowest BCUT2D eigenvalue weighted by molar-refractivity contribution is -0.0772. The van der Waals surface area contributed by atoms with Gasteiger partial charge in [-0.1, -0.05) is 37.3 Å². The van der Waals surface area contributed by atoms with Gasteiger partial charge in [0, 0.05) is 19.6 Å². The third kappa shape index (κ3) is 4.04. The second-order valence-corrected chi connectivity index (χ2v) is 6.09. The molecule has 3 atom stereocenters. The zero-order valence-electron chi connectivity index (χ0n) is 13.4. The number of hydrogen-bond acceptors (Lipinski definition) is 4. The Hall–Kier alpha value is -0.940. The monoisotopic (exact) mass is 292 g/mol. The predicted octanol–water partition coefficient (Wildman–Crippen LogP) is 1.59. The Labute approximate surface area is 128 Å². The molecule has 0 aliphatic carbocycles. The highest BCUT2D eigenvalue weighted by atomic mass is 16.5. The van der Waals surface area contributed by atoms with Crippen molar-refractivity contribution in [2.45, 2.75) is 38.5 Å². The molecule has 3 unspecified atom stereocenters. The van der Waals surface area contributed by atoms with Gasteiger partial charge in [-0.3, -0.25) is 4.90 Å². The minimum absolute atomic E-state index is 0.0883. The minimum atomic E-state index is -0.410. The van der Waals surface area contributed by atoms with Crippen molar-refractivity contribution >= 4 is 0 Å². The highest BCUT2D eigenvalue weighted by molar-refractivity contribution is 5.25. The Morgan fingerprint density at radius 3 is 2.38 bits per heavy atom. The van der Waals surface area contributed by atoms with Crippen molar-refractivity contribution in [3.63, 3.8) is 0 Å². The molecule has 1 aliphatic rings. The molecular weight excluding hydrogens is 264 g/mol. The molecule has 1 aliphatic heterocycles. The zero-order chi connectivity index (χ0) is 15.3. The van der Waals surface area contributed by atoms with Crippen LogP contribution in [0.5, 0.6) is 0 Å². The van der Waals surface area contributed by atoms with E-state index in [0.29, 0.717) is 0 Å². The Kier molecular flexibility index (Phi) is 5.76. The number of hydrogen-bond donors (Lipinski definition) is 2. The van der Waals surface area contributed by atoms with Crippen molar-refractivity contribution < 1.29 is 9.84 Å². The summed E-state index contributed by atoms with van der Waals surface area (Å²) in [6.07, 6.45) is 0.477. The summed E-state index contributed by atoms with van der Waals surface area (Å²) in [6.45, 7) is 9.82. The van der Waals surface area contributed by atoms with Crippen molar-refractivity contribution in [1.29, 1.82) is 0 Å². The second kappa shape index (κ2) is 7.36. The van der Waals surface area contributed by atoms with E-state index in [-0.39, 0.29) is 18.8 Å². The number of nitrogens with zero attached hydrogens (tertiary/aromatic N) is 1. The molecular formula is C17H28N2O2. The number of aliphatic hydroxyl groups excluding tert-OH is 1. The Morgan fingerprint density at radius 1 is 1.24 bits per heavy atom. The van der Waals surface area contributed by atoms with Crippen molar-refractivity contribution in [3.8, 4) is 0 Å². The summed E-state index contributed by atoms with van der Waals surface area (Å²) in [5.74, 6) is 0. The van der Waals surface area contributed by atoms with Gasteiger partial charge in [-0.25, -0.2) is 0 Å². The molecule has 1 aromatic rings. The van der Waals surface area contributed by atoms with E-state index in [4.69, 9.17) is 4.74 Å². The van der Waals surface area contributed by atoms with Crippen LogP contribution in [0.4, 0.5) is 0 Å². The molecule has 1 heterocycles. The van der Waals surface area contributed by atoms with Crippen LogP contribution in [0.25, 0.3) is 0 Å². The molecule has 4 nitrogen and oxygen atoms in total. The minimum Gasteiger partial charge on any atom is -0.394 e. The van der Waals surface area contributed by atoms with Gasteiger partial charge in [0.25, 0.3) is 0 Å². The van der Waals surface area contributed by atoms with Crippen molar-refractivity contribution in [3.05, 3.63) is 35.9 Å². The van der Waals surface area contributed by atoms with E-state index in [1.165, 1.54) is 0 Å². The van der Waals surface area contributed by atoms with E-state index in [0.717, 1.165) is 31.7 Å². The van der Waals surface area contributed by atoms with Crippen LogP contribution in [0.1, 0.15) is 26.3 Å². The van der Waals surface area contributed by atoms with Gasteiger partial charge >= 0.3 is 0 Å². The first-order valence-corrected chi connectivity index (χ1v) is 7.89. The number of ether oxygens (including phenoxy) is 1. The third-order valence-corrected chi connectivity index (χ3v) is 4.10. The molecule has 0 radical (unpaired) electrons. The Morgan fingerprint density at radius 2 is 1.86 bits per heavy atom. The molecule has 0 saturated carbocycles. The highest BCUT2D eigenvalue weighted by Gasteiger charge is 2.35. The molecule has 0 amide bonds. The van der Waals surface area contributed by atoms with Gasteiger partial charge in [0.05, 0.1) is 24.4 Å². The van der Waals surface area contributed by atoms with Crippen LogP contribution in [0.3, 0.4) is 0 Å². The summed E-state index contributed by atoms with van der Waals surface area (Å²) < 4.78 is 5.81. The SMILES string of the molecule is CCNC(CO)(CN1CC(C)OC(C)C1)c1ccccc1. The average Bonchev–Trinajstić information content (AvgIpc) is 2.46. The van der Waals surface area contributed by atoms with E-state index in [1.54, 1.807) is 0 Å². The van der Waals surface area contributed by atoms with Gasteiger partial charge in [-0.05, 0) is 26.0 Å². The van der Waals surface area contributed by atoms with Gasteiger partial charge in [-0.2, -0.15) is 0 Å². The lowest BCUT2D eigenvalue weighted by Gasteiger charge is -2.42. The molecule has 1 fully saturated rings. The summed E-state index contributed by atoms with van der Waals surface area (Å²) >= 11 is 0. The van der Waals surface area contributed by atoms with Crippen LogP contribution in [0.2, 0.25) is 0 Å². The van der Waals surface area contributed by atoms with Gasteiger partial charge in [0.1, 0.15) is 0 Å². The molecule has 2 N–H and O–H groups in total. The van der Waals surface area contributed by atoms with E-state index in [1.807, 2.05) is 18.2 Å². The molecule has 0 bridgehead atoms. The van der Waals surface area contributed by atoms with Gasteiger partial charge in [-0.15, -0.1) is 0 Å². The van der Waals surface area contributed by atoms with Gasteiger partial charge < -0.3 is 15.2 Å². The molecule has 0 spiro atoms. The summed E-state index contributed by atoms with van der Waals surface area (Å²) in [5.41, 5.74) is 0.730. The summed E-state index contributed by atoms with van der Waals surface area (Å²) in [4.78, 5) is 2.39. The fourth-order valence-electron chi connectivity index (χ4n) is 3.34. The Balaban J connectivity index is 2.20. The number of aliphatic hydroxyl groups is 1. The van der Waals surface area contributed by atoms with Crippen LogP contribution in [0.15, 0.2) is 30.3 Å². The molecule has 21 heavy (non-hydrogen) atoms. The normalized spacial score (nSPS) is 26.5. The number of morpholine rings is 1. The molecule has 4 heteroatoms. The van der Waals surface area contributed by atoms with Crippen LogP contribution in [-0.4, -0.2) is 55.0 Å². The maximum Gasteiger partial charge on any atom is 0.0797 e. The van der Waals surface area contributed by atoms with Crippen molar-refractivity contribution in [2.24, 2.45) is 0 Å². The first-order valence-electron chi connectivity index (χ1n) is 7.89. The van der Waals surface area contributed by atoms with Crippen LogP contribution < -0.4 is 5.32 Å². The first-order chi connectivity index (χ1) is 10.1. The van der Waals surface area contributed by atoms with E-state index < -0.39 is 5.54 Å². The Bertz CT molecular complexity index is 416. The van der Waals surface area contributed by atoms with Crippen molar-refractivity contribution in [2.75, 3.05) is 32.8 Å². The predicted molar refractivity (Wildman–Crippen MR) is 85.3 cm³/mol. The fourth-order valence-corrected chi connectivity index (χ4v) is 3.34. The topological polar surface area (TPSA) is 44.7 Å². The van der Waals surface area contributed by atoms with E-state index in [9.17, 15) is 5.11 Å². The second-order valence-electron chi connectivity index (χ2n) is 6.09. The van der Waals surface area contributed by atoms with Crippen LogP contribution in [-0.2, 0) is 10.3 Å². The van der Waals surface area contributed by atoms with Crippen LogP contribution >= 0.6 is 0 Å². The summed E-state index contributed by atoms with van der Waals surface area (Å²) in [6, 6.07) is 10.2. The highest BCUT2D eigenvalue weighted by Crippen LogP contribution is 2.24. The maximum absolute atomic E-state index is 10.1. The largest absolute Gasteiger partial charge is 0.394 e. The quantitative estimate of drug-likeness (QED) is 0.836. The lowest BCUT2D eigenvalue weighted by atomic mass is 9.89. The number of nitrogens with one attached hydrogen (secondary N) is 1.